The van der Waals surface area contributed by atoms with E-state index in [2.05, 4.69) is 10.3 Å². The van der Waals surface area contributed by atoms with Gasteiger partial charge < -0.3 is 5.32 Å². The lowest BCUT2D eigenvalue weighted by Crippen LogP contribution is -2.14. The van der Waals surface area contributed by atoms with Crippen molar-refractivity contribution in [1.29, 1.82) is 0 Å². The number of imidazole rings is 1. The van der Waals surface area contributed by atoms with Gasteiger partial charge in [0.05, 0.1) is 16.4 Å². The third kappa shape index (κ3) is 2.48. The molecular formula is C13H15ClFN3. The first-order valence-corrected chi connectivity index (χ1v) is 6.13. The lowest BCUT2D eigenvalue weighted by Gasteiger charge is -2.13. The Hall–Kier alpha value is -1.55. The van der Waals surface area contributed by atoms with Crippen LogP contribution in [-0.4, -0.2) is 15.6 Å². The topological polar surface area (TPSA) is 29.9 Å². The summed E-state index contributed by atoms with van der Waals surface area (Å²) in [5, 5.41) is 3.29. The fourth-order valence-corrected chi connectivity index (χ4v) is 1.89. The van der Waals surface area contributed by atoms with Crippen LogP contribution >= 0.6 is 11.6 Å². The molecule has 0 atom stereocenters. The fraction of sp³-hybridized carbons (Fsp3) is 0.308. The van der Waals surface area contributed by atoms with Crippen LogP contribution in [0.25, 0.3) is 5.69 Å². The molecule has 0 spiro atoms. The number of benzene rings is 1. The summed E-state index contributed by atoms with van der Waals surface area (Å²) >= 11 is 5.80. The Balaban J connectivity index is 2.53. The van der Waals surface area contributed by atoms with Crippen molar-refractivity contribution >= 4 is 17.5 Å². The van der Waals surface area contributed by atoms with Crippen LogP contribution in [0.4, 0.5) is 10.3 Å². The molecule has 0 unspecified atom stereocenters. The summed E-state index contributed by atoms with van der Waals surface area (Å²) in [7, 11) is 0. The molecule has 5 heteroatoms. The Morgan fingerprint density at radius 3 is 2.78 bits per heavy atom. The summed E-state index contributed by atoms with van der Waals surface area (Å²) < 4.78 is 15.7. The first-order chi connectivity index (χ1) is 8.49. The van der Waals surface area contributed by atoms with Crippen molar-refractivity contribution in [3.05, 3.63) is 40.9 Å². The van der Waals surface area contributed by atoms with E-state index in [-0.39, 0.29) is 11.1 Å². The maximum atomic E-state index is 14.0. The van der Waals surface area contributed by atoms with Crippen molar-refractivity contribution in [2.45, 2.75) is 26.8 Å². The Morgan fingerprint density at radius 2 is 2.11 bits per heavy atom. The quantitative estimate of drug-likeness (QED) is 0.917. The van der Waals surface area contributed by atoms with Crippen molar-refractivity contribution in [2.75, 3.05) is 5.32 Å². The molecule has 0 saturated carbocycles. The lowest BCUT2D eigenvalue weighted by atomic mass is 10.3. The van der Waals surface area contributed by atoms with Gasteiger partial charge in [0.1, 0.15) is 0 Å². The van der Waals surface area contributed by atoms with E-state index < -0.39 is 5.82 Å². The Morgan fingerprint density at radius 1 is 1.39 bits per heavy atom. The van der Waals surface area contributed by atoms with Crippen LogP contribution in [-0.2, 0) is 0 Å². The normalized spacial score (nSPS) is 11.0. The number of rotatable bonds is 3. The number of aromatic nitrogens is 2. The number of aryl methyl sites for hydroxylation is 1. The predicted octanol–water partition coefficient (Wildman–Crippen LogP) is 3.79. The smallest absolute Gasteiger partial charge is 0.208 e. The Kier molecular flexibility index (Phi) is 3.57. The minimum Gasteiger partial charge on any atom is -0.353 e. The van der Waals surface area contributed by atoms with E-state index >= 15 is 0 Å². The molecule has 0 fully saturated rings. The number of hydrogen-bond acceptors (Lipinski definition) is 2. The van der Waals surface area contributed by atoms with Gasteiger partial charge in [0.25, 0.3) is 0 Å². The molecule has 18 heavy (non-hydrogen) atoms. The fourth-order valence-electron chi connectivity index (χ4n) is 1.72. The second kappa shape index (κ2) is 4.98. The Labute approximate surface area is 111 Å². The van der Waals surface area contributed by atoms with Gasteiger partial charge >= 0.3 is 0 Å². The standard InChI is InChI=1S/C13H15ClFN3/c1-8(2)16-13-17-9(3)7-18(13)11-6-4-5-10(14)12(11)15/h4-8H,1-3H3,(H,16,17). The molecule has 1 heterocycles. The molecule has 0 saturated heterocycles. The molecule has 0 aliphatic carbocycles. The monoisotopic (exact) mass is 267 g/mol. The highest BCUT2D eigenvalue weighted by atomic mass is 35.5. The summed E-state index contributed by atoms with van der Waals surface area (Å²) in [5.74, 6) is 0.173. The molecular weight excluding hydrogens is 253 g/mol. The van der Waals surface area contributed by atoms with Crippen molar-refractivity contribution in [3.8, 4) is 5.69 Å². The summed E-state index contributed by atoms with van der Waals surface area (Å²) in [4.78, 5) is 4.34. The van der Waals surface area contributed by atoms with E-state index in [0.717, 1.165) is 5.69 Å². The van der Waals surface area contributed by atoms with Crippen LogP contribution in [0.2, 0.25) is 5.02 Å². The minimum absolute atomic E-state index is 0.106. The highest BCUT2D eigenvalue weighted by Gasteiger charge is 2.13. The van der Waals surface area contributed by atoms with Crippen molar-refractivity contribution in [2.24, 2.45) is 0 Å². The second-order valence-electron chi connectivity index (χ2n) is 4.45. The van der Waals surface area contributed by atoms with Crippen molar-refractivity contribution in [3.63, 3.8) is 0 Å². The number of hydrogen-bond donors (Lipinski definition) is 1. The van der Waals surface area contributed by atoms with Gasteiger partial charge in [0, 0.05) is 12.2 Å². The van der Waals surface area contributed by atoms with Crippen LogP contribution in [0.15, 0.2) is 24.4 Å². The average Bonchev–Trinajstić information content (AvgIpc) is 2.62. The van der Waals surface area contributed by atoms with Gasteiger partial charge in [-0.05, 0) is 32.9 Å². The maximum absolute atomic E-state index is 14.0. The molecule has 0 aliphatic heterocycles. The van der Waals surface area contributed by atoms with Crippen LogP contribution in [0, 0.1) is 12.7 Å². The van der Waals surface area contributed by atoms with Crippen LogP contribution in [0.1, 0.15) is 19.5 Å². The van der Waals surface area contributed by atoms with Crippen LogP contribution in [0.3, 0.4) is 0 Å². The number of nitrogens with zero attached hydrogens (tertiary/aromatic N) is 2. The van der Waals surface area contributed by atoms with Gasteiger partial charge in [0.15, 0.2) is 5.82 Å². The number of halogens is 2. The van der Waals surface area contributed by atoms with Crippen molar-refractivity contribution < 1.29 is 4.39 Å². The zero-order valence-electron chi connectivity index (χ0n) is 10.5. The van der Waals surface area contributed by atoms with E-state index in [1.807, 2.05) is 20.8 Å². The zero-order valence-corrected chi connectivity index (χ0v) is 11.3. The van der Waals surface area contributed by atoms with Gasteiger partial charge in [-0.25, -0.2) is 9.37 Å². The first-order valence-electron chi connectivity index (χ1n) is 5.76. The third-order valence-corrected chi connectivity index (χ3v) is 2.73. The molecule has 0 aliphatic rings. The lowest BCUT2D eigenvalue weighted by molar-refractivity contribution is 0.618. The van der Waals surface area contributed by atoms with E-state index in [9.17, 15) is 4.39 Å². The summed E-state index contributed by atoms with van der Waals surface area (Å²) in [6, 6.07) is 5.13. The summed E-state index contributed by atoms with van der Waals surface area (Å²) in [6.45, 7) is 5.87. The van der Waals surface area contributed by atoms with Crippen LogP contribution in [0.5, 0.6) is 0 Å². The molecule has 1 aromatic heterocycles. The van der Waals surface area contributed by atoms with E-state index in [4.69, 9.17) is 11.6 Å². The van der Waals surface area contributed by atoms with Gasteiger partial charge in [-0.1, -0.05) is 17.7 Å². The SMILES string of the molecule is Cc1cn(-c2cccc(Cl)c2F)c(NC(C)C)n1. The molecule has 2 rings (SSSR count). The minimum atomic E-state index is -0.441. The summed E-state index contributed by atoms with van der Waals surface area (Å²) in [5.41, 5.74) is 1.21. The summed E-state index contributed by atoms with van der Waals surface area (Å²) in [6.07, 6.45) is 1.78. The maximum Gasteiger partial charge on any atom is 0.208 e. The molecule has 0 bridgehead atoms. The molecule has 0 radical (unpaired) electrons. The van der Waals surface area contributed by atoms with E-state index in [0.29, 0.717) is 11.6 Å². The van der Waals surface area contributed by atoms with Gasteiger partial charge in [0.2, 0.25) is 5.95 Å². The van der Waals surface area contributed by atoms with Crippen molar-refractivity contribution in [1.82, 2.24) is 9.55 Å². The van der Waals surface area contributed by atoms with Gasteiger partial charge in [-0.2, -0.15) is 0 Å². The molecule has 1 aromatic carbocycles. The highest BCUT2D eigenvalue weighted by Crippen LogP contribution is 2.24. The highest BCUT2D eigenvalue weighted by molar-refractivity contribution is 6.30. The third-order valence-electron chi connectivity index (χ3n) is 2.43. The van der Waals surface area contributed by atoms with Gasteiger partial charge in [-0.3, -0.25) is 4.57 Å². The first kappa shape index (κ1) is 12.9. The average molecular weight is 268 g/mol. The number of nitrogens with one attached hydrogen (secondary N) is 1. The van der Waals surface area contributed by atoms with E-state index in [1.165, 1.54) is 6.07 Å². The van der Waals surface area contributed by atoms with Gasteiger partial charge in [-0.15, -0.1) is 0 Å². The van der Waals surface area contributed by atoms with E-state index in [1.54, 1.807) is 22.9 Å². The van der Waals surface area contributed by atoms with Crippen LogP contribution < -0.4 is 5.32 Å². The predicted molar refractivity (Wildman–Crippen MR) is 72.0 cm³/mol. The molecule has 1 N–H and O–H groups in total. The molecule has 0 amide bonds. The molecule has 2 aromatic rings. The largest absolute Gasteiger partial charge is 0.353 e. The zero-order chi connectivity index (χ0) is 13.3. The molecule has 96 valence electrons. The molecule has 3 nitrogen and oxygen atoms in total. The Bertz CT molecular complexity index is 563. The second-order valence-corrected chi connectivity index (χ2v) is 4.86. The number of anilines is 1.